The van der Waals surface area contributed by atoms with Crippen molar-refractivity contribution in [1.82, 2.24) is 0 Å². The maximum absolute atomic E-state index is 12.8. The molecule has 3 N–H and O–H groups in total. The van der Waals surface area contributed by atoms with E-state index in [-0.39, 0.29) is 11.7 Å². The Balaban J connectivity index is 2.69. The van der Waals surface area contributed by atoms with Gasteiger partial charge in [-0.25, -0.2) is 4.39 Å². The predicted molar refractivity (Wildman–Crippen MR) is 65.6 cm³/mol. The van der Waals surface area contributed by atoms with Crippen LogP contribution in [-0.4, -0.2) is 11.9 Å². The van der Waals surface area contributed by atoms with Crippen molar-refractivity contribution < 1.29 is 9.18 Å². The van der Waals surface area contributed by atoms with Crippen LogP contribution in [0.25, 0.3) is 0 Å². The van der Waals surface area contributed by atoms with Gasteiger partial charge in [0.15, 0.2) is 0 Å². The number of anilines is 1. The van der Waals surface area contributed by atoms with Crippen molar-refractivity contribution in [2.75, 3.05) is 5.32 Å². The van der Waals surface area contributed by atoms with Crippen molar-refractivity contribution in [1.29, 1.82) is 0 Å². The third-order valence-corrected chi connectivity index (χ3v) is 2.78. The van der Waals surface area contributed by atoms with E-state index in [1.54, 1.807) is 0 Å². The van der Waals surface area contributed by atoms with Crippen LogP contribution in [0.5, 0.6) is 0 Å². The molecule has 0 fully saturated rings. The summed E-state index contributed by atoms with van der Waals surface area (Å²) in [6.45, 7) is 1.96. The number of hydrogen-bond acceptors (Lipinski definition) is 2. The molecule has 0 aliphatic carbocycles. The molecule has 0 spiro atoms. The Bertz CT molecular complexity index is 384. The number of nitrogens with two attached hydrogens (primary N) is 1. The molecule has 0 unspecified atom stereocenters. The first-order valence-electron chi connectivity index (χ1n) is 5.06. The van der Waals surface area contributed by atoms with Crippen LogP contribution in [0, 0.1) is 5.82 Å². The molecule has 3 nitrogen and oxygen atoms in total. The Kier molecular flexibility index (Phi) is 4.89. The van der Waals surface area contributed by atoms with Gasteiger partial charge in [0, 0.05) is 4.47 Å². The first-order chi connectivity index (χ1) is 7.54. The molecule has 5 heteroatoms. The van der Waals surface area contributed by atoms with Gasteiger partial charge in [-0.2, -0.15) is 0 Å². The number of carbonyl (C=O) groups excluding carboxylic acids is 1. The Hall–Kier alpha value is -0.940. The highest BCUT2D eigenvalue weighted by atomic mass is 79.9. The minimum atomic E-state index is -0.526. The lowest BCUT2D eigenvalue weighted by Gasteiger charge is -2.12. The van der Waals surface area contributed by atoms with Gasteiger partial charge >= 0.3 is 0 Å². The number of carbonyl (C=O) groups is 1. The molecule has 16 heavy (non-hydrogen) atoms. The van der Waals surface area contributed by atoms with E-state index in [0.717, 1.165) is 6.42 Å². The van der Waals surface area contributed by atoms with Gasteiger partial charge in [0.25, 0.3) is 0 Å². The van der Waals surface area contributed by atoms with Crippen LogP contribution in [0.2, 0.25) is 0 Å². The van der Waals surface area contributed by atoms with Gasteiger partial charge in [0.2, 0.25) is 5.91 Å². The fourth-order valence-electron chi connectivity index (χ4n) is 1.26. The third kappa shape index (κ3) is 3.57. The van der Waals surface area contributed by atoms with Crippen LogP contribution in [0.1, 0.15) is 19.8 Å². The molecule has 0 aromatic heterocycles. The van der Waals surface area contributed by atoms with Crippen molar-refractivity contribution in [3.8, 4) is 0 Å². The van der Waals surface area contributed by atoms with Crippen LogP contribution in [-0.2, 0) is 4.79 Å². The van der Waals surface area contributed by atoms with Crippen LogP contribution in [0.15, 0.2) is 22.7 Å². The predicted octanol–water partition coefficient (Wildman–Crippen LogP) is 2.65. The zero-order valence-corrected chi connectivity index (χ0v) is 10.6. The maximum atomic E-state index is 12.8. The topological polar surface area (TPSA) is 55.1 Å². The zero-order valence-electron chi connectivity index (χ0n) is 8.97. The normalized spacial score (nSPS) is 12.2. The van der Waals surface area contributed by atoms with Crippen LogP contribution < -0.4 is 11.1 Å². The van der Waals surface area contributed by atoms with Gasteiger partial charge in [-0.05, 0) is 40.5 Å². The maximum Gasteiger partial charge on any atom is 0.241 e. The molecule has 0 aliphatic heterocycles. The molecule has 0 radical (unpaired) electrons. The second-order valence-electron chi connectivity index (χ2n) is 3.51. The minimum absolute atomic E-state index is 0.255. The highest BCUT2D eigenvalue weighted by Crippen LogP contribution is 2.23. The molecule has 0 bridgehead atoms. The average Bonchev–Trinajstić information content (AvgIpc) is 2.22. The second kappa shape index (κ2) is 5.96. The summed E-state index contributed by atoms with van der Waals surface area (Å²) in [5.41, 5.74) is 6.18. The third-order valence-electron chi connectivity index (χ3n) is 2.13. The Labute approximate surface area is 102 Å². The molecule has 1 aromatic rings. The fraction of sp³-hybridized carbons (Fsp3) is 0.364. The summed E-state index contributed by atoms with van der Waals surface area (Å²) in [7, 11) is 0. The molecule has 88 valence electrons. The van der Waals surface area contributed by atoms with Crippen molar-refractivity contribution in [3.05, 3.63) is 28.5 Å². The van der Waals surface area contributed by atoms with Crippen molar-refractivity contribution in [2.45, 2.75) is 25.8 Å². The van der Waals surface area contributed by atoms with Crippen molar-refractivity contribution >= 4 is 27.5 Å². The Morgan fingerprint density at radius 1 is 1.62 bits per heavy atom. The lowest BCUT2D eigenvalue weighted by molar-refractivity contribution is -0.117. The highest BCUT2D eigenvalue weighted by Gasteiger charge is 2.13. The van der Waals surface area contributed by atoms with E-state index in [4.69, 9.17) is 5.73 Å². The van der Waals surface area contributed by atoms with Gasteiger partial charge in [-0.1, -0.05) is 13.3 Å². The standard InChI is InChI=1S/C11H14BrFN2O/c1-2-3-9(14)11(16)15-10-5-4-7(13)6-8(10)12/h4-6,9H,2-3,14H2,1H3,(H,15,16)/t9-/m1/s1. The molecule has 0 heterocycles. The van der Waals surface area contributed by atoms with Crippen LogP contribution in [0.4, 0.5) is 10.1 Å². The van der Waals surface area contributed by atoms with E-state index in [1.165, 1.54) is 18.2 Å². The molecule has 1 aromatic carbocycles. The molecule has 0 aliphatic rings. The van der Waals surface area contributed by atoms with Gasteiger partial charge in [0.1, 0.15) is 5.82 Å². The van der Waals surface area contributed by atoms with E-state index in [9.17, 15) is 9.18 Å². The van der Waals surface area contributed by atoms with E-state index in [2.05, 4.69) is 21.2 Å². The smallest absolute Gasteiger partial charge is 0.241 e. The van der Waals surface area contributed by atoms with Gasteiger partial charge in [-0.3, -0.25) is 4.79 Å². The summed E-state index contributed by atoms with van der Waals surface area (Å²) >= 11 is 3.17. The number of benzene rings is 1. The van der Waals surface area contributed by atoms with Crippen LogP contribution >= 0.6 is 15.9 Å². The highest BCUT2D eigenvalue weighted by molar-refractivity contribution is 9.10. The largest absolute Gasteiger partial charge is 0.324 e. The molecule has 1 atom stereocenters. The van der Waals surface area contributed by atoms with E-state index < -0.39 is 6.04 Å². The molecule has 0 saturated carbocycles. The lowest BCUT2D eigenvalue weighted by Crippen LogP contribution is -2.35. The Morgan fingerprint density at radius 3 is 2.88 bits per heavy atom. The van der Waals surface area contributed by atoms with E-state index in [0.29, 0.717) is 16.6 Å². The van der Waals surface area contributed by atoms with E-state index >= 15 is 0 Å². The molecular formula is C11H14BrFN2O. The quantitative estimate of drug-likeness (QED) is 0.895. The Morgan fingerprint density at radius 2 is 2.31 bits per heavy atom. The monoisotopic (exact) mass is 288 g/mol. The fourth-order valence-corrected chi connectivity index (χ4v) is 1.71. The average molecular weight is 289 g/mol. The number of hydrogen-bond donors (Lipinski definition) is 2. The first kappa shape index (κ1) is 13.1. The zero-order chi connectivity index (χ0) is 12.1. The van der Waals surface area contributed by atoms with E-state index in [1.807, 2.05) is 6.92 Å². The summed E-state index contributed by atoms with van der Waals surface area (Å²) in [5.74, 6) is -0.614. The molecule has 0 saturated heterocycles. The first-order valence-corrected chi connectivity index (χ1v) is 5.85. The number of halogens is 2. The summed E-state index contributed by atoms with van der Waals surface area (Å²) in [5, 5.41) is 2.64. The molecular weight excluding hydrogens is 275 g/mol. The van der Waals surface area contributed by atoms with Crippen LogP contribution in [0.3, 0.4) is 0 Å². The summed E-state index contributed by atoms with van der Waals surface area (Å²) in [6, 6.07) is 3.55. The summed E-state index contributed by atoms with van der Waals surface area (Å²) in [4.78, 5) is 11.6. The number of rotatable bonds is 4. The molecule has 1 amide bonds. The second-order valence-corrected chi connectivity index (χ2v) is 4.36. The van der Waals surface area contributed by atoms with Crippen molar-refractivity contribution in [2.24, 2.45) is 5.73 Å². The minimum Gasteiger partial charge on any atom is -0.324 e. The van der Waals surface area contributed by atoms with Crippen molar-refractivity contribution in [3.63, 3.8) is 0 Å². The molecule has 1 rings (SSSR count). The summed E-state index contributed by atoms with van der Waals surface area (Å²) < 4.78 is 13.3. The SMILES string of the molecule is CCC[C@@H](N)C(=O)Nc1ccc(F)cc1Br. The summed E-state index contributed by atoms with van der Waals surface area (Å²) in [6.07, 6.45) is 1.48. The van der Waals surface area contributed by atoms with Gasteiger partial charge in [0.05, 0.1) is 11.7 Å². The van der Waals surface area contributed by atoms with Gasteiger partial charge in [-0.15, -0.1) is 0 Å². The van der Waals surface area contributed by atoms with Gasteiger partial charge < -0.3 is 11.1 Å². The number of amides is 1. The lowest BCUT2D eigenvalue weighted by atomic mass is 10.1. The number of nitrogens with one attached hydrogen (secondary N) is 1.